The van der Waals surface area contributed by atoms with Crippen molar-refractivity contribution in [3.63, 3.8) is 0 Å². The van der Waals surface area contributed by atoms with E-state index in [9.17, 15) is 14.6 Å². The van der Waals surface area contributed by atoms with Crippen LogP contribution in [0, 0.1) is 0 Å². The Balaban J connectivity index is 2.56. The van der Waals surface area contributed by atoms with Crippen LogP contribution in [0.15, 0.2) is 24.3 Å². The molecule has 1 aliphatic rings. The Morgan fingerprint density at radius 2 is 2.20 bits per heavy atom. The molecule has 0 saturated carbocycles. The Labute approximate surface area is 89.9 Å². The molecule has 2 atom stereocenters. The molecule has 1 aliphatic carbocycles. The number of allylic oxidation sites excluding steroid dienone is 2. The maximum absolute atomic E-state index is 11.7. The zero-order chi connectivity index (χ0) is 11.4. The molecular weight excluding hydrogens is 213 g/mol. The average Bonchev–Trinajstić information content (AvgIpc) is 2.14. The molecule has 0 heterocycles. The van der Waals surface area contributed by atoms with Gasteiger partial charge < -0.3 is 15.7 Å². The third-order valence-electron chi connectivity index (χ3n) is 2.36. The van der Waals surface area contributed by atoms with Crippen LogP contribution in [0.25, 0.3) is 0 Å². The minimum Gasteiger partial charge on any atom is -0.385 e. The fraction of sp³-hybridized carbons (Fsp3) is 0.600. The summed E-state index contributed by atoms with van der Waals surface area (Å²) in [6.07, 6.45) is 7.91. The number of hydrogen-bond acceptors (Lipinski definition) is 3. The summed E-state index contributed by atoms with van der Waals surface area (Å²) in [5.41, 5.74) is 4.12. The highest BCUT2D eigenvalue weighted by atomic mass is 31.2. The molecule has 4 N–H and O–H groups in total. The van der Waals surface area contributed by atoms with Gasteiger partial charge in [0.1, 0.15) is 0 Å². The maximum Gasteiger partial charge on any atom is 0.203 e. The normalized spacial score (nSPS) is 29.0. The van der Waals surface area contributed by atoms with Gasteiger partial charge in [0.25, 0.3) is 0 Å². The number of nitrogens with two attached hydrogens (primary N) is 1. The molecule has 86 valence electrons. The summed E-state index contributed by atoms with van der Waals surface area (Å²) in [4.78, 5) is 9.65. The van der Waals surface area contributed by atoms with E-state index in [1.54, 1.807) is 18.2 Å². The zero-order valence-electron chi connectivity index (χ0n) is 8.67. The van der Waals surface area contributed by atoms with Crippen LogP contribution in [0.5, 0.6) is 0 Å². The second-order valence-corrected chi connectivity index (χ2v) is 6.42. The third kappa shape index (κ3) is 4.31. The zero-order valence-corrected chi connectivity index (χ0v) is 9.57. The monoisotopic (exact) mass is 231 g/mol. The van der Waals surface area contributed by atoms with Crippen LogP contribution in [0.3, 0.4) is 0 Å². The average molecular weight is 231 g/mol. The standard InChI is InChI=1S/C10H18NO3P/c11-7-4-8-15(13,14)9-10(12)5-2-1-3-6-10/h1-3,5,12H,4,6-9,11H2,(H,13,14). The molecule has 5 heteroatoms. The molecule has 15 heavy (non-hydrogen) atoms. The smallest absolute Gasteiger partial charge is 0.203 e. The van der Waals surface area contributed by atoms with Gasteiger partial charge in [0.05, 0.1) is 11.8 Å². The van der Waals surface area contributed by atoms with Gasteiger partial charge in [-0.05, 0) is 19.4 Å². The van der Waals surface area contributed by atoms with Crippen LogP contribution < -0.4 is 5.73 Å². The summed E-state index contributed by atoms with van der Waals surface area (Å²) in [5.74, 6) is 0. The molecule has 0 aromatic rings. The lowest BCUT2D eigenvalue weighted by molar-refractivity contribution is 0.114. The Hall–Kier alpha value is -0.410. The topological polar surface area (TPSA) is 83.6 Å². The molecule has 0 saturated heterocycles. The molecular formula is C10H18NO3P. The number of rotatable bonds is 5. The van der Waals surface area contributed by atoms with E-state index in [1.807, 2.05) is 6.08 Å². The van der Waals surface area contributed by atoms with Crippen LogP contribution in [0.2, 0.25) is 0 Å². The first-order chi connectivity index (χ1) is 6.97. The Bertz CT molecular complexity index is 314. The Morgan fingerprint density at radius 1 is 1.47 bits per heavy atom. The quantitative estimate of drug-likeness (QED) is 0.612. The molecule has 0 fully saturated rings. The van der Waals surface area contributed by atoms with Crippen LogP contribution in [0.1, 0.15) is 12.8 Å². The minimum atomic E-state index is -3.26. The van der Waals surface area contributed by atoms with E-state index in [1.165, 1.54) is 0 Å². The summed E-state index contributed by atoms with van der Waals surface area (Å²) in [5, 5.41) is 10.0. The molecule has 2 unspecified atom stereocenters. The fourth-order valence-corrected chi connectivity index (χ4v) is 3.54. The Kier molecular flexibility index (Phi) is 4.29. The second kappa shape index (κ2) is 5.08. The van der Waals surface area contributed by atoms with Crippen molar-refractivity contribution in [2.75, 3.05) is 18.9 Å². The highest BCUT2D eigenvalue weighted by Gasteiger charge is 2.32. The first kappa shape index (κ1) is 12.7. The summed E-state index contributed by atoms with van der Waals surface area (Å²) >= 11 is 0. The van der Waals surface area contributed by atoms with Gasteiger partial charge in [-0.25, -0.2) is 0 Å². The minimum absolute atomic E-state index is 0.0825. The van der Waals surface area contributed by atoms with Crippen LogP contribution in [-0.2, 0) is 4.57 Å². The van der Waals surface area contributed by atoms with Crippen molar-refractivity contribution < 1.29 is 14.6 Å². The van der Waals surface area contributed by atoms with Gasteiger partial charge in [-0.3, -0.25) is 4.57 Å². The SMILES string of the molecule is NCCCP(=O)(O)CC1(O)C=CC=CC1. The molecule has 0 aromatic heterocycles. The molecule has 0 radical (unpaired) electrons. The lowest BCUT2D eigenvalue weighted by Gasteiger charge is -2.27. The van der Waals surface area contributed by atoms with E-state index in [0.717, 1.165) is 0 Å². The van der Waals surface area contributed by atoms with Gasteiger partial charge in [-0.2, -0.15) is 0 Å². The van der Waals surface area contributed by atoms with Gasteiger partial charge >= 0.3 is 0 Å². The molecule has 0 aromatic carbocycles. The van der Waals surface area contributed by atoms with Gasteiger partial charge in [0.15, 0.2) is 0 Å². The molecule has 0 spiro atoms. The predicted octanol–water partition coefficient (Wildman–Crippen LogP) is 0.853. The largest absolute Gasteiger partial charge is 0.385 e. The summed E-state index contributed by atoms with van der Waals surface area (Å²) in [7, 11) is -3.26. The molecule has 4 nitrogen and oxygen atoms in total. The summed E-state index contributed by atoms with van der Waals surface area (Å²) in [6, 6.07) is 0. The van der Waals surface area contributed by atoms with E-state index < -0.39 is 13.0 Å². The maximum atomic E-state index is 11.7. The van der Waals surface area contributed by atoms with Crippen molar-refractivity contribution >= 4 is 7.37 Å². The highest BCUT2D eigenvalue weighted by molar-refractivity contribution is 7.58. The van der Waals surface area contributed by atoms with Crippen molar-refractivity contribution in [3.8, 4) is 0 Å². The van der Waals surface area contributed by atoms with Crippen LogP contribution in [0.4, 0.5) is 0 Å². The molecule has 0 amide bonds. The molecule has 0 aliphatic heterocycles. The van der Waals surface area contributed by atoms with Gasteiger partial charge in [0, 0.05) is 6.16 Å². The third-order valence-corrected chi connectivity index (χ3v) is 4.41. The van der Waals surface area contributed by atoms with E-state index in [0.29, 0.717) is 19.4 Å². The summed E-state index contributed by atoms with van der Waals surface area (Å²) in [6.45, 7) is 0.402. The first-order valence-corrected chi connectivity index (χ1v) is 7.08. The van der Waals surface area contributed by atoms with Gasteiger partial charge in [-0.15, -0.1) is 0 Å². The number of hydrogen-bond donors (Lipinski definition) is 3. The Morgan fingerprint density at radius 3 is 2.73 bits per heavy atom. The van der Waals surface area contributed by atoms with Crippen molar-refractivity contribution in [3.05, 3.63) is 24.3 Å². The number of aliphatic hydroxyl groups is 1. The molecule has 0 bridgehead atoms. The van der Waals surface area contributed by atoms with E-state index in [2.05, 4.69) is 0 Å². The highest BCUT2D eigenvalue weighted by Crippen LogP contribution is 2.45. The lowest BCUT2D eigenvalue weighted by Crippen LogP contribution is -2.31. The van der Waals surface area contributed by atoms with E-state index in [-0.39, 0.29) is 12.3 Å². The fourth-order valence-electron chi connectivity index (χ4n) is 1.62. The lowest BCUT2D eigenvalue weighted by atomic mass is 9.98. The van der Waals surface area contributed by atoms with Gasteiger partial charge in [0.2, 0.25) is 7.37 Å². The van der Waals surface area contributed by atoms with Gasteiger partial charge in [-0.1, -0.05) is 24.3 Å². The predicted molar refractivity (Wildman–Crippen MR) is 61.1 cm³/mol. The second-order valence-electron chi connectivity index (χ2n) is 3.97. The van der Waals surface area contributed by atoms with Crippen molar-refractivity contribution in [2.24, 2.45) is 5.73 Å². The van der Waals surface area contributed by atoms with E-state index >= 15 is 0 Å². The van der Waals surface area contributed by atoms with Crippen molar-refractivity contribution in [2.45, 2.75) is 18.4 Å². The van der Waals surface area contributed by atoms with E-state index in [4.69, 9.17) is 5.73 Å². The first-order valence-electron chi connectivity index (χ1n) is 5.05. The summed E-state index contributed by atoms with van der Waals surface area (Å²) < 4.78 is 11.7. The van der Waals surface area contributed by atoms with Crippen molar-refractivity contribution in [1.29, 1.82) is 0 Å². The van der Waals surface area contributed by atoms with Crippen molar-refractivity contribution in [1.82, 2.24) is 0 Å². The van der Waals surface area contributed by atoms with Crippen LogP contribution >= 0.6 is 7.37 Å². The van der Waals surface area contributed by atoms with Crippen LogP contribution in [-0.4, -0.2) is 34.5 Å². The molecule has 1 rings (SSSR count).